The number of aromatic nitrogens is 1. The number of sulfonamides is 1. The van der Waals surface area contributed by atoms with Crippen LogP contribution in [0.15, 0.2) is 36.5 Å². The average molecular weight is 296 g/mol. The smallest absolute Gasteiger partial charge is 0.234 e. The molecule has 0 saturated heterocycles. The molecule has 0 aliphatic carbocycles. The van der Waals surface area contributed by atoms with Crippen LogP contribution in [0.2, 0.25) is 0 Å². The molecule has 0 unspecified atom stereocenters. The normalized spacial score (nSPS) is 10.7. The van der Waals surface area contributed by atoms with E-state index in [1.807, 2.05) is 6.92 Å². The Hall–Kier alpha value is -1.82. The molecule has 0 atom stereocenters. The Morgan fingerprint density at radius 1 is 1.25 bits per heavy atom. The van der Waals surface area contributed by atoms with E-state index in [9.17, 15) is 13.2 Å². The zero-order valence-corrected chi connectivity index (χ0v) is 12.6. The fraction of sp³-hybridized carbons (Fsp3) is 0.357. The van der Waals surface area contributed by atoms with E-state index in [1.54, 1.807) is 4.72 Å². The van der Waals surface area contributed by atoms with Crippen molar-refractivity contribution in [2.75, 3.05) is 5.75 Å². The quantitative estimate of drug-likeness (QED) is 0.859. The molecule has 0 aliphatic rings. The summed E-state index contributed by atoms with van der Waals surface area (Å²) in [7, 11) is -1.25. The second kappa shape index (κ2) is 7.69. The molecular formula is C14H20N2O3S. The molecule has 1 N–H and O–H groups in total. The summed E-state index contributed by atoms with van der Waals surface area (Å²) < 4.78 is 25.2. The molecule has 5 nitrogen and oxygen atoms in total. The third kappa shape index (κ3) is 5.05. The van der Waals surface area contributed by atoms with Crippen molar-refractivity contribution < 1.29 is 13.2 Å². The predicted molar refractivity (Wildman–Crippen MR) is 80.8 cm³/mol. The van der Waals surface area contributed by atoms with Crippen LogP contribution in [0.3, 0.4) is 0 Å². The number of aryl methyl sites for hydroxylation is 1. The highest BCUT2D eigenvalue weighted by atomic mass is 32.2. The minimum atomic E-state index is -3.31. The lowest BCUT2D eigenvalue weighted by Crippen LogP contribution is -2.24. The van der Waals surface area contributed by atoms with E-state index in [1.165, 1.54) is 10.9 Å². The van der Waals surface area contributed by atoms with E-state index in [-0.39, 0.29) is 12.2 Å². The number of fused-ring (bicyclic) bond motifs is 1. The van der Waals surface area contributed by atoms with Gasteiger partial charge in [-0.15, -0.1) is 0 Å². The number of benzene rings is 1. The molecule has 1 aromatic carbocycles. The second-order valence-electron chi connectivity index (χ2n) is 4.39. The van der Waals surface area contributed by atoms with Gasteiger partial charge in [-0.3, -0.25) is 9.52 Å². The number of unbranched alkanes of at least 4 members (excludes halogenated alkanes) is 1. The average Bonchev–Trinajstić information content (AvgIpc) is 2.80. The minimum Gasteiger partial charge on any atom is -0.351 e. The van der Waals surface area contributed by atoms with Crippen LogP contribution in [0, 0.1) is 0 Å². The van der Waals surface area contributed by atoms with Crippen molar-refractivity contribution in [3.8, 4) is 0 Å². The van der Waals surface area contributed by atoms with Crippen LogP contribution >= 0.6 is 0 Å². The van der Waals surface area contributed by atoms with Crippen LogP contribution in [0.5, 0.6) is 0 Å². The number of carbonyl (C=O) groups excluding carboxylic acids is 1. The molecule has 0 fully saturated rings. The molecule has 6 heteroatoms. The molecule has 2 rings (SSSR count). The Morgan fingerprint density at radius 3 is 2.55 bits per heavy atom. The zero-order chi connectivity index (χ0) is 15.0. The summed E-state index contributed by atoms with van der Waals surface area (Å²) in [6.45, 7) is 1.89. The second-order valence-corrected chi connectivity index (χ2v) is 6.27. The van der Waals surface area contributed by atoms with E-state index < -0.39 is 10.0 Å². The van der Waals surface area contributed by atoms with Crippen molar-refractivity contribution >= 4 is 27.3 Å². The summed E-state index contributed by atoms with van der Waals surface area (Å²) in [6.07, 6.45) is 3.65. The van der Waals surface area contributed by atoms with Gasteiger partial charge in [-0.05, 0) is 23.9 Å². The monoisotopic (exact) mass is 296 g/mol. The van der Waals surface area contributed by atoms with Gasteiger partial charge in [0.05, 0.1) is 5.75 Å². The van der Waals surface area contributed by atoms with Gasteiger partial charge in [-0.2, -0.15) is 0 Å². The fourth-order valence-corrected chi connectivity index (χ4v) is 2.62. The maximum Gasteiger partial charge on any atom is 0.234 e. The standard InChI is InChI=1S/C9H9N.C5H11NO3S/c1-10-7-6-8-4-2-3-5-9(8)10;1-2-3-4-10(8,9)6-5-7/h2-7H,1H3;5H,2-4H2,1H3,(H,6,7). The lowest BCUT2D eigenvalue weighted by atomic mass is 10.2. The van der Waals surface area contributed by atoms with E-state index in [2.05, 4.69) is 48.1 Å². The first-order valence-electron chi connectivity index (χ1n) is 6.44. The number of carbonyl (C=O) groups is 1. The summed E-state index contributed by atoms with van der Waals surface area (Å²) >= 11 is 0. The maximum atomic E-state index is 10.6. The minimum absolute atomic E-state index is 0.0300. The first-order valence-corrected chi connectivity index (χ1v) is 8.09. The number of amides is 1. The molecule has 1 amide bonds. The SMILES string of the molecule is CCCCS(=O)(=O)NC=O.Cn1ccc2ccccc21. The van der Waals surface area contributed by atoms with Crippen LogP contribution in [-0.2, 0) is 21.9 Å². The van der Waals surface area contributed by atoms with Crippen LogP contribution in [0.1, 0.15) is 19.8 Å². The molecule has 0 aliphatic heterocycles. The van der Waals surface area contributed by atoms with Gasteiger partial charge in [0.25, 0.3) is 0 Å². The van der Waals surface area contributed by atoms with Gasteiger partial charge < -0.3 is 4.57 Å². The highest BCUT2D eigenvalue weighted by Gasteiger charge is 2.05. The third-order valence-corrected chi connectivity index (χ3v) is 4.07. The molecule has 0 radical (unpaired) electrons. The fourth-order valence-electron chi connectivity index (χ4n) is 1.69. The van der Waals surface area contributed by atoms with E-state index in [0.717, 1.165) is 6.42 Å². The lowest BCUT2D eigenvalue weighted by Gasteiger charge is -1.98. The van der Waals surface area contributed by atoms with Gasteiger partial charge >= 0.3 is 0 Å². The predicted octanol–water partition coefficient (Wildman–Crippen LogP) is 2.04. The Bertz CT molecular complexity index is 647. The van der Waals surface area contributed by atoms with Gasteiger partial charge in [-0.1, -0.05) is 31.5 Å². The van der Waals surface area contributed by atoms with Gasteiger partial charge in [0.2, 0.25) is 16.4 Å². The molecule has 2 aromatic rings. The van der Waals surface area contributed by atoms with Gasteiger partial charge in [0.1, 0.15) is 0 Å². The van der Waals surface area contributed by atoms with Crippen molar-refractivity contribution in [2.24, 2.45) is 7.05 Å². The summed E-state index contributed by atoms with van der Waals surface area (Å²) in [5, 5.41) is 1.31. The topological polar surface area (TPSA) is 68.2 Å². The summed E-state index contributed by atoms with van der Waals surface area (Å²) in [6, 6.07) is 10.5. The van der Waals surface area contributed by atoms with Crippen molar-refractivity contribution in [2.45, 2.75) is 19.8 Å². The van der Waals surface area contributed by atoms with Gasteiger partial charge in [0, 0.05) is 18.8 Å². The van der Waals surface area contributed by atoms with Crippen molar-refractivity contribution in [3.05, 3.63) is 36.5 Å². The Labute approximate surface area is 119 Å². The molecule has 1 heterocycles. The Kier molecular flexibility index (Phi) is 6.24. The van der Waals surface area contributed by atoms with Crippen LogP contribution in [-0.4, -0.2) is 25.1 Å². The molecule has 1 aromatic heterocycles. The van der Waals surface area contributed by atoms with Crippen LogP contribution in [0.25, 0.3) is 10.9 Å². The van der Waals surface area contributed by atoms with E-state index in [4.69, 9.17) is 0 Å². The van der Waals surface area contributed by atoms with Crippen molar-refractivity contribution in [3.63, 3.8) is 0 Å². The number of hydrogen-bond acceptors (Lipinski definition) is 3. The van der Waals surface area contributed by atoms with Crippen LogP contribution in [0.4, 0.5) is 0 Å². The highest BCUT2D eigenvalue weighted by Crippen LogP contribution is 2.12. The lowest BCUT2D eigenvalue weighted by molar-refractivity contribution is -0.108. The number of para-hydroxylation sites is 1. The first-order chi connectivity index (χ1) is 9.50. The summed E-state index contributed by atoms with van der Waals surface area (Å²) in [4.78, 5) is 9.69. The van der Waals surface area contributed by atoms with Gasteiger partial charge in [-0.25, -0.2) is 8.42 Å². The molecule has 0 bridgehead atoms. The number of hydrogen-bond donors (Lipinski definition) is 1. The van der Waals surface area contributed by atoms with E-state index in [0.29, 0.717) is 6.42 Å². The molecular weight excluding hydrogens is 276 g/mol. The largest absolute Gasteiger partial charge is 0.351 e. The number of nitrogens with one attached hydrogen (secondary N) is 1. The zero-order valence-electron chi connectivity index (χ0n) is 11.7. The third-order valence-electron chi connectivity index (χ3n) is 2.79. The number of rotatable bonds is 5. The summed E-state index contributed by atoms with van der Waals surface area (Å²) in [5.41, 5.74) is 1.29. The van der Waals surface area contributed by atoms with Gasteiger partial charge in [0.15, 0.2) is 0 Å². The van der Waals surface area contributed by atoms with Crippen molar-refractivity contribution in [1.82, 2.24) is 9.29 Å². The molecule has 20 heavy (non-hydrogen) atoms. The Balaban J connectivity index is 0.000000200. The molecule has 0 spiro atoms. The van der Waals surface area contributed by atoms with E-state index >= 15 is 0 Å². The van der Waals surface area contributed by atoms with Crippen molar-refractivity contribution in [1.29, 1.82) is 0 Å². The van der Waals surface area contributed by atoms with Crippen LogP contribution < -0.4 is 4.72 Å². The highest BCUT2D eigenvalue weighted by molar-refractivity contribution is 7.89. The number of nitrogens with zero attached hydrogens (tertiary/aromatic N) is 1. The maximum absolute atomic E-state index is 10.6. The molecule has 0 saturated carbocycles. The Morgan fingerprint density at radius 2 is 1.95 bits per heavy atom. The first kappa shape index (κ1) is 16.2. The summed E-state index contributed by atoms with van der Waals surface area (Å²) in [5.74, 6) is 0.0300. The molecule has 110 valence electrons.